The Morgan fingerprint density at radius 2 is 1.00 bits per heavy atom. The van der Waals surface area contributed by atoms with Crippen molar-refractivity contribution in [1.29, 1.82) is 0 Å². The van der Waals surface area contributed by atoms with Crippen molar-refractivity contribution in [3.05, 3.63) is 32.4 Å². The molecule has 1 saturated heterocycles. The summed E-state index contributed by atoms with van der Waals surface area (Å²) in [7, 11) is 0. The normalized spacial score (nSPS) is 13.8. The fraction of sp³-hybridized carbons (Fsp3) is 0.500. The van der Waals surface area contributed by atoms with Gasteiger partial charge in [-0.15, -0.1) is 0 Å². The van der Waals surface area contributed by atoms with Crippen LogP contribution in [0.2, 0.25) is 0 Å². The number of rotatable bonds is 10. The minimum atomic E-state index is -0.443. The Hall–Kier alpha value is -4.76. The molecule has 4 aromatic rings. The summed E-state index contributed by atoms with van der Waals surface area (Å²) in [6.45, 7) is 12.3. The highest BCUT2D eigenvalue weighted by atomic mass is 16.6. The maximum Gasteiger partial charge on any atom is 0.323 e. The van der Waals surface area contributed by atoms with E-state index in [-0.39, 0.29) is 22.4 Å². The van der Waals surface area contributed by atoms with Gasteiger partial charge in [0.05, 0.1) is 21.2 Å². The Labute approximate surface area is 228 Å². The summed E-state index contributed by atoms with van der Waals surface area (Å²) in [6.07, 6.45) is 0. The monoisotopic (exact) mass is 554 g/mol. The van der Waals surface area contributed by atoms with Crippen molar-refractivity contribution in [3.63, 3.8) is 0 Å². The van der Waals surface area contributed by atoms with Crippen LogP contribution in [-0.4, -0.2) is 82.8 Å². The second kappa shape index (κ2) is 10.8. The Balaban J connectivity index is 1.52. The summed E-state index contributed by atoms with van der Waals surface area (Å²) in [5.41, 5.74) is 2.96. The highest BCUT2D eigenvalue weighted by molar-refractivity contribution is 6.01. The molecule has 0 bridgehead atoms. The van der Waals surface area contributed by atoms with Crippen molar-refractivity contribution in [2.45, 2.75) is 27.7 Å². The number of piperazine rings is 1. The average molecular weight is 555 g/mol. The molecule has 40 heavy (non-hydrogen) atoms. The van der Waals surface area contributed by atoms with Gasteiger partial charge in [-0.05, 0) is 60.5 Å². The maximum atomic E-state index is 12.0. The Morgan fingerprint density at radius 1 is 0.675 bits per heavy atom. The molecule has 1 aliphatic heterocycles. The van der Waals surface area contributed by atoms with Crippen LogP contribution < -0.4 is 19.6 Å². The molecule has 0 N–H and O–H groups in total. The molecule has 0 unspecified atom stereocenters. The molecule has 212 valence electrons. The molecular formula is C24H30N10O6. The Bertz CT molecular complexity index is 1440. The number of fused-ring (bicyclic) bond motifs is 2. The lowest BCUT2D eigenvalue weighted by molar-refractivity contribution is -0.382. The van der Waals surface area contributed by atoms with E-state index in [0.29, 0.717) is 86.1 Å². The van der Waals surface area contributed by atoms with E-state index >= 15 is 0 Å². The molecule has 1 aliphatic rings. The number of hydrogen-bond acceptors (Lipinski definition) is 14. The highest BCUT2D eigenvalue weighted by Gasteiger charge is 2.33. The first-order valence-corrected chi connectivity index (χ1v) is 13.2. The first kappa shape index (κ1) is 26.8. The van der Waals surface area contributed by atoms with Crippen LogP contribution in [0.15, 0.2) is 21.4 Å². The Morgan fingerprint density at radius 3 is 1.30 bits per heavy atom. The molecule has 5 rings (SSSR count). The quantitative estimate of drug-likeness (QED) is 0.205. The summed E-state index contributed by atoms with van der Waals surface area (Å²) in [4.78, 5) is 31.1. The van der Waals surface area contributed by atoms with Gasteiger partial charge >= 0.3 is 11.4 Å². The van der Waals surface area contributed by atoms with Crippen LogP contribution in [0.5, 0.6) is 0 Å². The van der Waals surface area contributed by atoms with Gasteiger partial charge < -0.3 is 19.6 Å². The van der Waals surface area contributed by atoms with E-state index in [4.69, 9.17) is 9.26 Å². The van der Waals surface area contributed by atoms with E-state index < -0.39 is 9.85 Å². The van der Waals surface area contributed by atoms with Crippen LogP contribution in [-0.2, 0) is 0 Å². The lowest BCUT2D eigenvalue weighted by Crippen LogP contribution is -2.46. The van der Waals surface area contributed by atoms with Crippen molar-refractivity contribution in [3.8, 4) is 0 Å². The van der Waals surface area contributed by atoms with E-state index in [2.05, 4.69) is 30.4 Å². The predicted octanol–water partition coefficient (Wildman–Crippen LogP) is 3.59. The van der Waals surface area contributed by atoms with Gasteiger partial charge in [-0.25, -0.2) is 9.26 Å². The Kier molecular flexibility index (Phi) is 7.23. The van der Waals surface area contributed by atoms with Crippen LogP contribution >= 0.6 is 0 Å². The van der Waals surface area contributed by atoms with Gasteiger partial charge in [0.2, 0.25) is 11.0 Å². The van der Waals surface area contributed by atoms with Gasteiger partial charge in [-0.2, -0.15) is 0 Å². The van der Waals surface area contributed by atoms with E-state index in [1.807, 2.05) is 37.5 Å². The smallest absolute Gasteiger partial charge is 0.323 e. The third-order valence-electron chi connectivity index (χ3n) is 7.48. The maximum absolute atomic E-state index is 12.0. The molecule has 0 saturated carbocycles. The van der Waals surface area contributed by atoms with Crippen molar-refractivity contribution in [2.75, 3.05) is 72.0 Å². The summed E-state index contributed by atoms with van der Waals surface area (Å²) in [5.74, 6) is 0. The number of anilines is 4. The van der Waals surface area contributed by atoms with Gasteiger partial charge in [-0.1, -0.05) is 0 Å². The topological polar surface area (TPSA) is 177 Å². The van der Waals surface area contributed by atoms with Crippen LogP contribution in [0.3, 0.4) is 0 Å². The number of aromatic nitrogens is 4. The fourth-order valence-corrected chi connectivity index (χ4v) is 5.44. The number of benzene rings is 2. The summed E-state index contributed by atoms with van der Waals surface area (Å²) >= 11 is 0. The molecule has 0 amide bonds. The molecule has 0 aliphatic carbocycles. The second-order valence-corrected chi connectivity index (χ2v) is 9.28. The van der Waals surface area contributed by atoms with E-state index in [1.54, 1.807) is 12.1 Å². The van der Waals surface area contributed by atoms with E-state index in [9.17, 15) is 20.2 Å². The van der Waals surface area contributed by atoms with Crippen LogP contribution in [0, 0.1) is 20.2 Å². The van der Waals surface area contributed by atoms with Crippen molar-refractivity contribution in [1.82, 2.24) is 20.6 Å². The highest BCUT2D eigenvalue weighted by Crippen LogP contribution is 2.43. The molecule has 16 heteroatoms. The zero-order valence-corrected chi connectivity index (χ0v) is 22.7. The lowest BCUT2D eigenvalue weighted by Gasteiger charge is -2.38. The lowest BCUT2D eigenvalue weighted by atomic mass is 10.1. The predicted molar refractivity (Wildman–Crippen MR) is 148 cm³/mol. The van der Waals surface area contributed by atoms with Crippen molar-refractivity contribution in [2.24, 2.45) is 0 Å². The number of nitro groups is 2. The summed E-state index contributed by atoms with van der Waals surface area (Å²) < 4.78 is 9.92. The number of nitro benzene ring substituents is 2. The standard InChI is InChI=1S/C24H30N10O6/c1-5-29(6-2)17-13-15(19-21(27-39-25-19)23(17)33(35)36)31-9-11-32(12-10-31)16-14-18(30(7-3)8-4)24(34(37)38)22-20(16)26-40-28-22/h13-14H,5-12H2,1-4H3. The van der Waals surface area contributed by atoms with Gasteiger partial charge in [0.1, 0.15) is 11.4 Å². The molecule has 0 atom stereocenters. The first-order valence-electron chi connectivity index (χ1n) is 13.2. The minimum Gasteiger partial charge on any atom is -0.366 e. The third kappa shape index (κ3) is 4.34. The largest absolute Gasteiger partial charge is 0.366 e. The van der Waals surface area contributed by atoms with E-state index in [1.165, 1.54) is 0 Å². The number of hydrogen-bond donors (Lipinski definition) is 0. The summed E-state index contributed by atoms with van der Waals surface area (Å²) in [5, 5.41) is 39.8. The first-order chi connectivity index (χ1) is 19.3. The molecule has 1 fully saturated rings. The van der Waals surface area contributed by atoms with E-state index in [0.717, 1.165) is 0 Å². The van der Waals surface area contributed by atoms with Crippen LogP contribution in [0.25, 0.3) is 22.1 Å². The minimum absolute atomic E-state index is 0.112. The SMILES string of the molecule is CCN(CC)c1cc(N2CCN(c3cc(N(CC)CC)c([N+](=O)[O-])c4nonc34)CC2)c2nonc2c1[N+](=O)[O-]. The molecule has 3 heterocycles. The van der Waals surface area contributed by atoms with Crippen LogP contribution in [0.1, 0.15) is 27.7 Å². The molecular weight excluding hydrogens is 524 g/mol. The zero-order valence-electron chi connectivity index (χ0n) is 22.7. The number of nitrogens with zero attached hydrogens (tertiary/aromatic N) is 10. The van der Waals surface area contributed by atoms with Gasteiger partial charge in [-0.3, -0.25) is 20.2 Å². The van der Waals surface area contributed by atoms with Gasteiger partial charge in [0.15, 0.2) is 11.0 Å². The third-order valence-corrected chi connectivity index (χ3v) is 7.48. The molecule has 2 aromatic heterocycles. The fourth-order valence-electron chi connectivity index (χ4n) is 5.44. The zero-order chi connectivity index (χ0) is 28.6. The van der Waals surface area contributed by atoms with Gasteiger partial charge in [0.25, 0.3) is 0 Å². The van der Waals surface area contributed by atoms with Crippen molar-refractivity contribution >= 4 is 56.2 Å². The molecule has 2 aromatic carbocycles. The molecule has 0 spiro atoms. The molecule has 0 radical (unpaired) electrons. The molecule has 16 nitrogen and oxygen atoms in total. The van der Waals surface area contributed by atoms with Crippen LogP contribution in [0.4, 0.5) is 34.1 Å². The van der Waals surface area contributed by atoms with Gasteiger partial charge in [0, 0.05) is 52.4 Å². The second-order valence-electron chi connectivity index (χ2n) is 9.28. The summed E-state index contributed by atoms with van der Waals surface area (Å²) in [6, 6.07) is 3.58. The van der Waals surface area contributed by atoms with Crippen molar-refractivity contribution < 1.29 is 19.1 Å². The average Bonchev–Trinajstić information content (AvgIpc) is 3.63.